The van der Waals surface area contributed by atoms with Crippen molar-refractivity contribution in [1.29, 1.82) is 5.41 Å². The van der Waals surface area contributed by atoms with Crippen molar-refractivity contribution in [2.75, 3.05) is 43.1 Å². The molecule has 0 atom stereocenters. The van der Waals surface area contributed by atoms with Crippen LogP contribution >= 0.6 is 11.5 Å². The summed E-state index contributed by atoms with van der Waals surface area (Å²) >= 11 is 1.15. The van der Waals surface area contributed by atoms with E-state index in [1.165, 1.54) is 32.1 Å². The summed E-state index contributed by atoms with van der Waals surface area (Å²) in [6.45, 7) is 3.90. The number of ether oxygens (including phenoxy) is 1. The number of hydrogen-bond acceptors (Lipinski definition) is 8. The van der Waals surface area contributed by atoms with Crippen molar-refractivity contribution in [3.63, 3.8) is 0 Å². The van der Waals surface area contributed by atoms with Crippen LogP contribution in [0.5, 0.6) is 5.88 Å². The van der Waals surface area contributed by atoms with E-state index < -0.39 is 0 Å². The van der Waals surface area contributed by atoms with Gasteiger partial charge in [-0.25, -0.2) is 4.98 Å². The average Bonchev–Trinajstić information content (AvgIpc) is 3.14. The molecule has 2 aliphatic rings. The Kier molecular flexibility index (Phi) is 6.46. The normalized spacial score (nSPS) is 17.9. The number of aromatic hydroxyl groups is 1. The fourth-order valence-electron chi connectivity index (χ4n) is 3.89. The van der Waals surface area contributed by atoms with E-state index in [0.29, 0.717) is 16.5 Å². The molecule has 1 saturated carbocycles. The Bertz CT molecular complexity index is 813. The van der Waals surface area contributed by atoms with Gasteiger partial charge in [-0.15, -0.1) is 0 Å². The van der Waals surface area contributed by atoms with Crippen LogP contribution in [0, 0.1) is 11.3 Å². The number of pyridine rings is 1. The lowest BCUT2D eigenvalue weighted by atomic mass is 9.89. The Hall–Kier alpha value is -2.39. The van der Waals surface area contributed by atoms with E-state index in [2.05, 4.69) is 24.9 Å². The zero-order chi connectivity index (χ0) is 20.1. The zero-order valence-corrected chi connectivity index (χ0v) is 17.3. The van der Waals surface area contributed by atoms with Crippen molar-refractivity contribution in [3.8, 4) is 5.88 Å². The van der Waals surface area contributed by atoms with Gasteiger partial charge < -0.3 is 25.4 Å². The molecule has 0 spiro atoms. The van der Waals surface area contributed by atoms with Crippen molar-refractivity contribution in [2.45, 2.75) is 32.1 Å². The summed E-state index contributed by atoms with van der Waals surface area (Å²) < 4.78 is 9.41. The predicted octanol–water partition coefficient (Wildman–Crippen LogP) is 3.32. The minimum atomic E-state index is -0.114. The number of nitrogens with zero attached hydrogens (tertiary/aromatic N) is 3. The highest BCUT2D eigenvalue weighted by molar-refractivity contribution is 7.11. The molecule has 0 aromatic carbocycles. The fourth-order valence-corrected chi connectivity index (χ4v) is 4.61. The van der Waals surface area contributed by atoms with Gasteiger partial charge >= 0.3 is 0 Å². The van der Waals surface area contributed by atoms with Crippen LogP contribution in [-0.2, 0) is 4.74 Å². The molecule has 1 aliphatic carbocycles. The zero-order valence-electron chi connectivity index (χ0n) is 16.5. The summed E-state index contributed by atoms with van der Waals surface area (Å²) in [7, 11) is 0. The molecule has 4 rings (SSSR count). The van der Waals surface area contributed by atoms with E-state index >= 15 is 0 Å². The van der Waals surface area contributed by atoms with E-state index in [1.54, 1.807) is 6.20 Å². The summed E-state index contributed by atoms with van der Waals surface area (Å²) in [6, 6.07) is 3.93. The quantitative estimate of drug-likeness (QED) is 0.423. The first kappa shape index (κ1) is 19.9. The molecular formula is C20H28N6O2S. The summed E-state index contributed by atoms with van der Waals surface area (Å²) in [4.78, 5) is 6.73. The number of amidine groups is 1. The SMILES string of the molecule is N=C(NCC1CCCCC1)c1c(O)nsc1Nc1ccc(N2CCOCC2)nc1. The molecule has 1 saturated heterocycles. The molecule has 0 amide bonds. The number of rotatable bonds is 6. The number of anilines is 3. The topological polar surface area (TPSA) is 106 Å². The second-order valence-electron chi connectivity index (χ2n) is 7.60. The fraction of sp³-hybridized carbons (Fsp3) is 0.550. The second-order valence-corrected chi connectivity index (χ2v) is 8.37. The van der Waals surface area contributed by atoms with Crippen LogP contribution in [0.25, 0.3) is 0 Å². The molecule has 9 heteroatoms. The Morgan fingerprint density at radius 3 is 2.76 bits per heavy atom. The summed E-state index contributed by atoms with van der Waals surface area (Å²) in [6.07, 6.45) is 8.04. The van der Waals surface area contributed by atoms with Crippen LogP contribution in [-0.4, -0.2) is 53.1 Å². The minimum Gasteiger partial charge on any atom is -0.492 e. The van der Waals surface area contributed by atoms with Gasteiger partial charge in [-0.3, -0.25) is 5.41 Å². The third-order valence-corrected chi connectivity index (χ3v) is 6.31. The van der Waals surface area contributed by atoms with Crippen molar-refractivity contribution >= 4 is 33.9 Å². The maximum absolute atomic E-state index is 10.2. The highest BCUT2D eigenvalue weighted by Crippen LogP contribution is 2.32. The third kappa shape index (κ3) is 4.97. The Balaban J connectivity index is 1.39. The predicted molar refractivity (Wildman–Crippen MR) is 116 cm³/mol. The first-order valence-electron chi connectivity index (χ1n) is 10.3. The Morgan fingerprint density at radius 2 is 2.03 bits per heavy atom. The van der Waals surface area contributed by atoms with Gasteiger partial charge in [0.05, 0.1) is 25.1 Å². The standard InChI is InChI=1S/C20H28N6O2S/c21-18(23-12-14-4-2-1-3-5-14)17-19(27)25-29-20(17)24-15-6-7-16(22-13-15)26-8-10-28-11-9-26/h6-7,13-14,24H,1-5,8-12H2,(H2,21,23)(H,25,27). The Morgan fingerprint density at radius 1 is 1.24 bits per heavy atom. The highest BCUT2D eigenvalue weighted by atomic mass is 32.1. The number of hydrogen-bond donors (Lipinski definition) is 4. The molecule has 0 radical (unpaired) electrons. The molecule has 2 aromatic rings. The summed E-state index contributed by atoms with van der Waals surface area (Å²) in [5.74, 6) is 1.62. The van der Waals surface area contributed by atoms with Crippen LogP contribution in [0.2, 0.25) is 0 Å². The summed E-state index contributed by atoms with van der Waals surface area (Å²) in [5.41, 5.74) is 1.22. The van der Waals surface area contributed by atoms with Crippen LogP contribution in [0.15, 0.2) is 18.3 Å². The van der Waals surface area contributed by atoms with Crippen molar-refractivity contribution in [1.82, 2.24) is 14.7 Å². The third-order valence-electron chi connectivity index (χ3n) is 5.56. The maximum atomic E-state index is 10.2. The largest absolute Gasteiger partial charge is 0.492 e. The number of aromatic nitrogens is 2. The van der Waals surface area contributed by atoms with Crippen LogP contribution in [0.3, 0.4) is 0 Å². The monoisotopic (exact) mass is 416 g/mol. The molecule has 0 unspecified atom stereocenters. The molecule has 2 fully saturated rings. The van der Waals surface area contributed by atoms with Crippen molar-refractivity contribution in [3.05, 3.63) is 23.9 Å². The van der Waals surface area contributed by atoms with Crippen molar-refractivity contribution < 1.29 is 9.84 Å². The molecule has 4 N–H and O–H groups in total. The smallest absolute Gasteiger partial charge is 0.236 e. The minimum absolute atomic E-state index is 0.114. The van der Waals surface area contributed by atoms with Crippen molar-refractivity contribution in [2.24, 2.45) is 5.92 Å². The lowest BCUT2D eigenvalue weighted by Crippen LogP contribution is -2.36. The van der Waals surface area contributed by atoms with Gasteiger partial charge in [-0.2, -0.15) is 4.37 Å². The number of morpholine rings is 1. The van der Waals surface area contributed by atoms with Crippen LogP contribution < -0.4 is 15.5 Å². The average molecular weight is 417 g/mol. The second kappa shape index (κ2) is 9.41. The van der Waals surface area contributed by atoms with Gasteiger partial charge in [0.25, 0.3) is 0 Å². The number of nitrogens with one attached hydrogen (secondary N) is 3. The van der Waals surface area contributed by atoms with Crippen LogP contribution in [0.4, 0.5) is 16.5 Å². The molecular weight excluding hydrogens is 388 g/mol. The maximum Gasteiger partial charge on any atom is 0.236 e. The molecule has 2 aromatic heterocycles. The molecule has 1 aliphatic heterocycles. The molecule has 0 bridgehead atoms. The van der Waals surface area contributed by atoms with E-state index in [9.17, 15) is 5.11 Å². The lowest BCUT2D eigenvalue weighted by Gasteiger charge is -2.27. The van der Waals surface area contributed by atoms with E-state index in [4.69, 9.17) is 10.1 Å². The van der Waals surface area contributed by atoms with E-state index in [0.717, 1.165) is 55.9 Å². The molecule has 156 valence electrons. The molecule has 29 heavy (non-hydrogen) atoms. The van der Waals surface area contributed by atoms with E-state index in [-0.39, 0.29) is 11.7 Å². The summed E-state index contributed by atoms with van der Waals surface area (Å²) in [5, 5.41) is 25.7. The first-order chi connectivity index (χ1) is 14.2. The van der Waals surface area contributed by atoms with Crippen LogP contribution in [0.1, 0.15) is 37.7 Å². The molecule has 8 nitrogen and oxygen atoms in total. The van der Waals surface area contributed by atoms with Gasteiger partial charge in [0.1, 0.15) is 22.2 Å². The van der Waals surface area contributed by atoms with Gasteiger partial charge in [-0.05, 0) is 42.4 Å². The van der Waals surface area contributed by atoms with E-state index in [1.807, 2.05) is 12.1 Å². The van der Waals surface area contributed by atoms with Gasteiger partial charge in [0, 0.05) is 19.6 Å². The van der Waals surface area contributed by atoms with Gasteiger partial charge in [0.2, 0.25) is 5.88 Å². The highest BCUT2D eigenvalue weighted by Gasteiger charge is 2.20. The Labute approximate surface area is 175 Å². The first-order valence-corrected chi connectivity index (χ1v) is 11.1. The molecule has 3 heterocycles. The van der Waals surface area contributed by atoms with Gasteiger partial charge in [0.15, 0.2) is 0 Å². The van der Waals surface area contributed by atoms with Gasteiger partial charge in [-0.1, -0.05) is 19.3 Å². The lowest BCUT2D eigenvalue weighted by molar-refractivity contribution is 0.122.